The van der Waals surface area contributed by atoms with Crippen LogP contribution in [0.1, 0.15) is 5.56 Å². The molecule has 134 valence electrons. The van der Waals surface area contributed by atoms with Crippen molar-refractivity contribution in [3.05, 3.63) is 82.2 Å². The number of aryl methyl sites for hydroxylation is 1. The Morgan fingerprint density at radius 2 is 1.85 bits per heavy atom. The number of rotatable bonds is 4. The number of benzene rings is 2. The number of nitrogens with zero attached hydrogens (tertiary/aromatic N) is 2. The van der Waals surface area contributed by atoms with E-state index in [0.29, 0.717) is 10.2 Å². The topological polar surface area (TPSA) is 64.0 Å². The van der Waals surface area contributed by atoms with Crippen LogP contribution in [0.25, 0.3) is 21.3 Å². The first-order valence-corrected chi connectivity index (χ1v) is 9.39. The Hall–Kier alpha value is -3.25. The lowest BCUT2D eigenvalue weighted by atomic mass is 10.1. The molecule has 0 fully saturated rings. The van der Waals surface area contributed by atoms with Crippen molar-refractivity contribution < 1.29 is 4.79 Å². The second kappa shape index (κ2) is 7.17. The second-order valence-electron chi connectivity index (χ2n) is 6.23. The predicted molar refractivity (Wildman–Crippen MR) is 109 cm³/mol. The van der Waals surface area contributed by atoms with Crippen LogP contribution in [0.4, 0.5) is 5.69 Å². The maximum Gasteiger partial charge on any atom is 0.271 e. The summed E-state index contributed by atoms with van der Waals surface area (Å²) in [7, 11) is 0. The molecule has 0 radical (unpaired) electrons. The molecule has 2 heterocycles. The molecule has 27 heavy (non-hydrogen) atoms. The largest absolute Gasteiger partial charge is 0.324 e. The average molecular weight is 375 g/mol. The lowest BCUT2D eigenvalue weighted by Crippen LogP contribution is -2.27. The smallest absolute Gasteiger partial charge is 0.271 e. The predicted octanol–water partition coefficient (Wildman–Crippen LogP) is 4.07. The van der Waals surface area contributed by atoms with Crippen LogP contribution >= 0.6 is 11.3 Å². The first kappa shape index (κ1) is 17.2. The van der Waals surface area contributed by atoms with Crippen LogP contribution < -0.4 is 10.9 Å². The van der Waals surface area contributed by atoms with Gasteiger partial charge < -0.3 is 5.32 Å². The van der Waals surface area contributed by atoms with Crippen molar-refractivity contribution >= 4 is 33.1 Å². The quantitative estimate of drug-likeness (QED) is 0.585. The van der Waals surface area contributed by atoms with Gasteiger partial charge in [0.2, 0.25) is 5.91 Å². The number of hydrogen-bond acceptors (Lipinski definition) is 4. The summed E-state index contributed by atoms with van der Waals surface area (Å²) in [5, 5.41) is 4.78. The molecule has 0 aliphatic heterocycles. The molecule has 0 saturated carbocycles. The number of para-hydroxylation sites is 1. The summed E-state index contributed by atoms with van der Waals surface area (Å²) in [6.07, 6.45) is 1.45. The Kier molecular flexibility index (Phi) is 4.56. The van der Waals surface area contributed by atoms with Crippen LogP contribution in [0.2, 0.25) is 0 Å². The Labute approximate surface area is 159 Å². The van der Waals surface area contributed by atoms with Gasteiger partial charge in [0.15, 0.2) is 0 Å². The zero-order valence-electron chi connectivity index (χ0n) is 14.7. The molecule has 0 saturated heterocycles. The molecule has 0 unspecified atom stereocenters. The number of aromatic nitrogens is 2. The molecule has 1 amide bonds. The van der Waals surface area contributed by atoms with Crippen LogP contribution in [0, 0.1) is 6.92 Å². The van der Waals surface area contributed by atoms with Crippen molar-refractivity contribution in [2.75, 3.05) is 5.32 Å². The van der Waals surface area contributed by atoms with Gasteiger partial charge >= 0.3 is 0 Å². The monoisotopic (exact) mass is 375 g/mol. The fraction of sp³-hybridized carbons (Fsp3) is 0.0952. The summed E-state index contributed by atoms with van der Waals surface area (Å²) in [5.41, 5.74) is 4.14. The maximum absolute atomic E-state index is 12.8. The number of hydrogen-bond donors (Lipinski definition) is 1. The summed E-state index contributed by atoms with van der Waals surface area (Å²) in [6.45, 7) is 1.85. The second-order valence-corrected chi connectivity index (χ2v) is 7.11. The van der Waals surface area contributed by atoms with Gasteiger partial charge in [-0.25, -0.2) is 4.98 Å². The van der Waals surface area contributed by atoms with Gasteiger partial charge in [0, 0.05) is 16.6 Å². The summed E-state index contributed by atoms with van der Waals surface area (Å²) < 4.78 is 1.90. The van der Waals surface area contributed by atoms with Gasteiger partial charge in [0.25, 0.3) is 5.56 Å². The number of nitrogens with one attached hydrogen (secondary N) is 1. The van der Waals surface area contributed by atoms with Gasteiger partial charge in [-0.2, -0.15) is 0 Å². The fourth-order valence-electron chi connectivity index (χ4n) is 2.93. The number of carbonyl (C=O) groups excluding carboxylic acids is 1. The van der Waals surface area contributed by atoms with E-state index in [2.05, 4.69) is 10.3 Å². The minimum Gasteiger partial charge on any atom is -0.324 e. The number of amides is 1. The molecular formula is C21H17N3O2S. The highest BCUT2D eigenvalue weighted by atomic mass is 32.1. The summed E-state index contributed by atoms with van der Waals surface area (Å²) in [6, 6.07) is 17.4. The van der Waals surface area contributed by atoms with E-state index in [1.54, 1.807) is 0 Å². The molecule has 2 aromatic carbocycles. The molecule has 0 aliphatic rings. The minimum absolute atomic E-state index is 0.0747. The van der Waals surface area contributed by atoms with Gasteiger partial charge in [-0.15, -0.1) is 11.3 Å². The van der Waals surface area contributed by atoms with Crippen molar-refractivity contribution in [1.29, 1.82) is 0 Å². The third-order valence-electron chi connectivity index (χ3n) is 4.36. The van der Waals surface area contributed by atoms with Crippen LogP contribution in [0.15, 0.2) is 71.1 Å². The zero-order valence-corrected chi connectivity index (χ0v) is 15.5. The van der Waals surface area contributed by atoms with Crippen LogP contribution in [0.5, 0.6) is 0 Å². The molecule has 6 heteroatoms. The van der Waals surface area contributed by atoms with Gasteiger partial charge in [0.1, 0.15) is 11.2 Å². The molecule has 4 aromatic rings. The number of carbonyl (C=O) groups is 1. The Morgan fingerprint density at radius 1 is 1.11 bits per heavy atom. The Morgan fingerprint density at radius 3 is 2.63 bits per heavy atom. The molecule has 4 rings (SSSR count). The molecule has 0 atom stereocenters. The molecular weight excluding hydrogens is 358 g/mol. The average Bonchev–Trinajstić information content (AvgIpc) is 3.11. The van der Waals surface area contributed by atoms with Crippen LogP contribution in [0.3, 0.4) is 0 Å². The third kappa shape index (κ3) is 3.39. The fourth-order valence-corrected chi connectivity index (χ4v) is 3.91. The summed E-state index contributed by atoms with van der Waals surface area (Å²) in [4.78, 5) is 29.6. The van der Waals surface area contributed by atoms with Gasteiger partial charge in [-0.3, -0.25) is 14.2 Å². The lowest BCUT2D eigenvalue weighted by Gasteiger charge is -2.09. The lowest BCUT2D eigenvalue weighted by molar-refractivity contribution is -0.116. The molecule has 0 spiro atoms. The summed E-state index contributed by atoms with van der Waals surface area (Å²) in [5.74, 6) is -0.257. The van der Waals surface area contributed by atoms with Gasteiger partial charge in [-0.1, -0.05) is 48.5 Å². The van der Waals surface area contributed by atoms with Crippen molar-refractivity contribution in [3.63, 3.8) is 0 Å². The first-order chi connectivity index (χ1) is 13.1. The molecule has 0 aliphatic carbocycles. The van der Waals surface area contributed by atoms with Crippen molar-refractivity contribution in [2.45, 2.75) is 13.5 Å². The number of anilines is 1. The molecule has 2 aromatic heterocycles. The number of fused-ring (bicyclic) bond motifs is 1. The molecule has 1 N–H and O–H groups in total. The van der Waals surface area contributed by atoms with Crippen molar-refractivity contribution in [2.24, 2.45) is 0 Å². The van der Waals surface area contributed by atoms with E-state index in [0.717, 1.165) is 22.4 Å². The highest BCUT2D eigenvalue weighted by molar-refractivity contribution is 7.17. The van der Waals surface area contributed by atoms with Crippen LogP contribution in [-0.4, -0.2) is 15.5 Å². The summed E-state index contributed by atoms with van der Waals surface area (Å²) >= 11 is 1.36. The van der Waals surface area contributed by atoms with Crippen LogP contribution in [-0.2, 0) is 11.3 Å². The minimum atomic E-state index is -0.257. The van der Waals surface area contributed by atoms with Crippen molar-refractivity contribution in [3.8, 4) is 11.1 Å². The standard InChI is InChI=1S/C21H17N3O2S/c1-14-7-5-6-10-17(14)23-18(25)11-24-13-22-19-16(12-27-20(19)21(24)26)15-8-3-2-4-9-15/h2-10,12-13H,11H2,1H3,(H,23,25). The van der Waals surface area contributed by atoms with Crippen molar-refractivity contribution in [1.82, 2.24) is 9.55 Å². The Balaban J connectivity index is 1.62. The van der Waals surface area contributed by atoms with Gasteiger partial charge in [-0.05, 0) is 24.1 Å². The Bertz CT molecular complexity index is 1180. The highest BCUT2D eigenvalue weighted by Crippen LogP contribution is 2.30. The zero-order chi connectivity index (χ0) is 18.8. The molecule has 5 nitrogen and oxygen atoms in total. The van der Waals surface area contributed by atoms with E-state index >= 15 is 0 Å². The number of thiophene rings is 1. The van der Waals surface area contributed by atoms with E-state index < -0.39 is 0 Å². The van der Waals surface area contributed by atoms with E-state index in [-0.39, 0.29) is 18.0 Å². The van der Waals surface area contributed by atoms with E-state index in [1.807, 2.05) is 66.9 Å². The third-order valence-corrected chi connectivity index (χ3v) is 5.32. The van der Waals surface area contributed by atoms with Gasteiger partial charge in [0.05, 0.1) is 11.8 Å². The molecule has 0 bridgehead atoms. The van der Waals surface area contributed by atoms with E-state index in [9.17, 15) is 9.59 Å². The normalized spacial score (nSPS) is 10.9. The first-order valence-electron chi connectivity index (χ1n) is 8.51. The SMILES string of the molecule is Cc1ccccc1NC(=O)Cn1cnc2c(-c3ccccc3)csc2c1=O. The highest BCUT2D eigenvalue weighted by Gasteiger charge is 2.14. The maximum atomic E-state index is 12.8. The van der Waals surface area contributed by atoms with E-state index in [1.165, 1.54) is 22.2 Å². The van der Waals surface area contributed by atoms with E-state index in [4.69, 9.17) is 0 Å².